The van der Waals surface area contributed by atoms with Gasteiger partial charge in [0.15, 0.2) is 6.61 Å². The molecule has 27 heavy (non-hydrogen) atoms. The summed E-state index contributed by atoms with van der Waals surface area (Å²) in [6.45, 7) is 2.13. The molecule has 0 bridgehead atoms. The summed E-state index contributed by atoms with van der Waals surface area (Å²) >= 11 is 3.39. The number of halogens is 1. The van der Waals surface area contributed by atoms with Gasteiger partial charge >= 0.3 is 5.97 Å². The summed E-state index contributed by atoms with van der Waals surface area (Å²) in [5, 5.41) is 6.85. The van der Waals surface area contributed by atoms with Gasteiger partial charge in [-0.2, -0.15) is 5.10 Å². The minimum atomic E-state index is -0.590. The maximum atomic E-state index is 12.1. The van der Waals surface area contributed by atoms with E-state index >= 15 is 0 Å². The van der Waals surface area contributed by atoms with Gasteiger partial charge in [-0.15, -0.1) is 0 Å². The monoisotopic (exact) mass is 427 g/mol. The lowest BCUT2D eigenvalue weighted by atomic mass is 10.2. The molecule has 0 aliphatic rings. The molecule has 2 aromatic carbocycles. The van der Waals surface area contributed by atoms with Crippen LogP contribution in [0.25, 0.3) is 0 Å². The number of aryl methyl sites for hydroxylation is 1. The topological polar surface area (TPSA) is 73.2 Å². The van der Waals surface area contributed by atoms with E-state index in [-0.39, 0.29) is 6.61 Å². The molecule has 1 amide bonds. The molecule has 0 spiro atoms. The predicted molar refractivity (Wildman–Crippen MR) is 106 cm³/mol. The molecule has 3 aromatic rings. The van der Waals surface area contributed by atoms with Crippen LogP contribution in [0.3, 0.4) is 0 Å². The zero-order chi connectivity index (χ0) is 19.2. The number of amides is 1. The van der Waals surface area contributed by atoms with E-state index in [4.69, 9.17) is 4.74 Å². The van der Waals surface area contributed by atoms with Crippen LogP contribution >= 0.6 is 15.9 Å². The first kappa shape index (κ1) is 18.8. The molecule has 0 aliphatic heterocycles. The van der Waals surface area contributed by atoms with Gasteiger partial charge in [0.1, 0.15) is 0 Å². The number of nitrogens with one attached hydrogen (secondary N) is 1. The lowest BCUT2D eigenvalue weighted by Gasteiger charge is -2.08. The maximum Gasteiger partial charge on any atom is 0.341 e. The Morgan fingerprint density at radius 3 is 2.70 bits per heavy atom. The number of aromatic nitrogens is 2. The van der Waals surface area contributed by atoms with E-state index in [1.54, 1.807) is 16.9 Å². The number of ether oxygens (including phenoxy) is 1. The molecular weight excluding hydrogens is 410 g/mol. The van der Waals surface area contributed by atoms with Crippen LogP contribution in [0.15, 0.2) is 65.4 Å². The molecule has 6 nitrogen and oxygen atoms in total. The molecule has 0 saturated carbocycles. The molecule has 138 valence electrons. The number of hydrogen-bond acceptors (Lipinski definition) is 4. The minimum absolute atomic E-state index is 0.301. The summed E-state index contributed by atoms with van der Waals surface area (Å²) in [5.74, 6) is -1.00. The smallest absolute Gasteiger partial charge is 0.341 e. The minimum Gasteiger partial charge on any atom is -0.452 e. The molecule has 0 unspecified atom stereocenters. The highest BCUT2D eigenvalue weighted by atomic mass is 79.9. The maximum absolute atomic E-state index is 12.1. The van der Waals surface area contributed by atoms with E-state index in [1.165, 1.54) is 6.20 Å². The number of hydrogen-bond donors (Lipinski definition) is 1. The van der Waals surface area contributed by atoms with Crippen molar-refractivity contribution < 1.29 is 14.3 Å². The first-order valence-electron chi connectivity index (χ1n) is 8.31. The molecule has 1 heterocycles. The molecule has 7 heteroatoms. The van der Waals surface area contributed by atoms with Crippen molar-refractivity contribution in [2.24, 2.45) is 0 Å². The van der Waals surface area contributed by atoms with Crippen LogP contribution in [0.2, 0.25) is 0 Å². The van der Waals surface area contributed by atoms with Gasteiger partial charge in [-0.05, 0) is 46.1 Å². The molecular formula is C20H18BrN3O3. The van der Waals surface area contributed by atoms with Crippen LogP contribution in [-0.4, -0.2) is 28.3 Å². The number of rotatable bonds is 6. The highest BCUT2D eigenvalue weighted by molar-refractivity contribution is 9.10. The highest BCUT2D eigenvalue weighted by Gasteiger charge is 2.13. The van der Waals surface area contributed by atoms with Gasteiger partial charge in [-0.1, -0.05) is 36.4 Å². The Bertz CT molecular complexity index is 954. The molecule has 0 atom stereocenters. The molecule has 3 rings (SSSR count). The normalized spacial score (nSPS) is 10.4. The van der Waals surface area contributed by atoms with Gasteiger partial charge in [0.05, 0.1) is 24.0 Å². The SMILES string of the molecule is Cc1ccc(NC(=O)COC(=O)c2cnn(Cc3ccccc3)c2)c(Br)c1. The summed E-state index contributed by atoms with van der Waals surface area (Å²) in [6.07, 6.45) is 3.03. The second kappa shape index (κ2) is 8.64. The first-order valence-corrected chi connectivity index (χ1v) is 9.10. The number of anilines is 1. The van der Waals surface area contributed by atoms with Gasteiger partial charge in [-0.25, -0.2) is 4.79 Å². The molecule has 1 aromatic heterocycles. The Labute approximate surface area is 165 Å². The second-order valence-electron chi connectivity index (χ2n) is 6.02. The fourth-order valence-electron chi connectivity index (χ4n) is 2.45. The van der Waals surface area contributed by atoms with Gasteiger partial charge in [0.25, 0.3) is 5.91 Å². The Balaban J connectivity index is 1.52. The van der Waals surface area contributed by atoms with E-state index in [1.807, 2.05) is 49.4 Å². The van der Waals surface area contributed by atoms with E-state index in [0.717, 1.165) is 15.6 Å². The third-order valence-corrected chi connectivity index (χ3v) is 4.45. The van der Waals surface area contributed by atoms with E-state index in [9.17, 15) is 9.59 Å². The van der Waals surface area contributed by atoms with Crippen molar-refractivity contribution in [3.05, 3.63) is 82.1 Å². The zero-order valence-electron chi connectivity index (χ0n) is 14.7. The van der Waals surface area contributed by atoms with Crippen LogP contribution in [-0.2, 0) is 16.1 Å². The summed E-state index contributed by atoms with van der Waals surface area (Å²) in [7, 11) is 0. The number of carbonyl (C=O) groups excluding carboxylic acids is 2. The summed E-state index contributed by atoms with van der Waals surface area (Å²) in [4.78, 5) is 24.1. The number of nitrogens with zero attached hydrogens (tertiary/aromatic N) is 2. The molecule has 0 radical (unpaired) electrons. The summed E-state index contributed by atoms with van der Waals surface area (Å²) < 4.78 is 7.49. The lowest BCUT2D eigenvalue weighted by Crippen LogP contribution is -2.21. The fourth-order valence-corrected chi connectivity index (χ4v) is 3.04. The Morgan fingerprint density at radius 1 is 1.19 bits per heavy atom. The second-order valence-corrected chi connectivity index (χ2v) is 6.87. The molecule has 0 saturated heterocycles. The van der Waals surface area contributed by atoms with Gasteiger partial charge in [0, 0.05) is 10.7 Å². The van der Waals surface area contributed by atoms with E-state index < -0.39 is 11.9 Å². The largest absolute Gasteiger partial charge is 0.452 e. The van der Waals surface area contributed by atoms with Crippen LogP contribution in [0.4, 0.5) is 5.69 Å². The third kappa shape index (κ3) is 5.27. The first-order chi connectivity index (χ1) is 13.0. The van der Waals surface area contributed by atoms with Crippen molar-refractivity contribution in [1.82, 2.24) is 9.78 Å². The third-order valence-electron chi connectivity index (χ3n) is 3.79. The van der Waals surface area contributed by atoms with Crippen molar-refractivity contribution in [3.8, 4) is 0 Å². The summed E-state index contributed by atoms with van der Waals surface area (Å²) in [6, 6.07) is 15.3. The van der Waals surface area contributed by atoms with Crippen molar-refractivity contribution in [2.45, 2.75) is 13.5 Å². The average molecular weight is 428 g/mol. The lowest BCUT2D eigenvalue weighted by molar-refractivity contribution is -0.119. The van der Waals surface area contributed by atoms with Crippen LogP contribution < -0.4 is 5.32 Å². The molecule has 1 N–H and O–H groups in total. The predicted octanol–water partition coefficient (Wildman–Crippen LogP) is 3.80. The average Bonchev–Trinajstić information content (AvgIpc) is 3.11. The Kier molecular flexibility index (Phi) is 6.03. The van der Waals surface area contributed by atoms with Crippen molar-refractivity contribution in [3.63, 3.8) is 0 Å². The van der Waals surface area contributed by atoms with Crippen LogP contribution in [0, 0.1) is 6.92 Å². The zero-order valence-corrected chi connectivity index (χ0v) is 16.3. The number of esters is 1. The standard InChI is InChI=1S/C20H18BrN3O3/c1-14-7-8-18(17(21)9-14)23-19(25)13-27-20(26)16-10-22-24(12-16)11-15-5-3-2-4-6-15/h2-10,12H,11,13H2,1H3,(H,23,25). The fraction of sp³-hybridized carbons (Fsp3) is 0.150. The van der Waals surface area contributed by atoms with Gasteiger partial charge in [0.2, 0.25) is 0 Å². The van der Waals surface area contributed by atoms with Gasteiger partial charge in [-0.3, -0.25) is 9.48 Å². The van der Waals surface area contributed by atoms with Crippen LogP contribution in [0.1, 0.15) is 21.5 Å². The molecule has 0 aliphatic carbocycles. The van der Waals surface area contributed by atoms with Gasteiger partial charge < -0.3 is 10.1 Å². The van der Waals surface area contributed by atoms with E-state index in [2.05, 4.69) is 26.3 Å². The number of benzene rings is 2. The van der Waals surface area contributed by atoms with Crippen molar-refractivity contribution in [2.75, 3.05) is 11.9 Å². The van der Waals surface area contributed by atoms with Crippen LogP contribution in [0.5, 0.6) is 0 Å². The number of carbonyl (C=O) groups is 2. The quantitative estimate of drug-likeness (QED) is 0.607. The molecule has 0 fully saturated rings. The Morgan fingerprint density at radius 2 is 1.96 bits per heavy atom. The van der Waals surface area contributed by atoms with Crippen molar-refractivity contribution >= 4 is 33.5 Å². The summed E-state index contributed by atoms with van der Waals surface area (Å²) in [5.41, 5.74) is 3.06. The highest BCUT2D eigenvalue weighted by Crippen LogP contribution is 2.23. The Hall–Kier alpha value is -2.93. The van der Waals surface area contributed by atoms with Crippen molar-refractivity contribution in [1.29, 1.82) is 0 Å². The van der Waals surface area contributed by atoms with E-state index in [0.29, 0.717) is 17.8 Å².